The number of benzene rings is 2. The van der Waals surface area contributed by atoms with Crippen molar-refractivity contribution in [1.29, 1.82) is 0 Å². The Bertz CT molecular complexity index is 895. The second kappa shape index (κ2) is 11.9. The molecule has 0 saturated heterocycles. The minimum atomic E-state index is -0.856. The summed E-state index contributed by atoms with van der Waals surface area (Å²) in [5.74, 6) is -1.66. The maximum Gasteiger partial charge on any atom is 0.329 e. The second-order valence-electron chi connectivity index (χ2n) is 8.14. The summed E-state index contributed by atoms with van der Waals surface area (Å²) in [6.07, 6.45) is 0. The van der Waals surface area contributed by atoms with Gasteiger partial charge in [-0.25, -0.2) is 4.79 Å². The van der Waals surface area contributed by atoms with Crippen molar-refractivity contribution in [2.45, 2.75) is 46.7 Å². The average molecular weight is 440 g/mol. The number of rotatable bonds is 10. The van der Waals surface area contributed by atoms with Crippen molar-refractivity contribution in [3.63, 3.8) is 0 Å². The van der Waals surface area contributed by atoms with Crippen molar-refractivity contribution in [3.8, 4) is 0 Å². The minimum Gasteiger partial charge on any atom is -0.454 e. The fraction of sp³-hybridized carbons (Fsp3) is 0.400. The summed E-state index contributed by atoms with van der Waals surface area (Å²) in [5.41, 5.74) is 2.14. The molecule has 0 aliphatic rings. The number of amides is 2. The standard InChI is InChI=1S/C25H33N3O4/c1-6-28(18(4)5)21-14-12-20(13-15-21)26-22(29)16-32-25(31)23(17(2)3)27-24(30)19-10-8-7-9-11-19/h7-15,17-18,23H,6,16H2,1-5H3,(H,26,29)(H,27,30). The van der Waals surface area contributed by atoms with Crippen molar-refractivity contribution in [1.82, 2.24) is 5.32 Å². The SMILES string of the molecule is CCN(c1ccc(NC(=O)COC(=O)C(NC(=O)c2ccccc2)C(C)C)cc1)C(C)C. The van der Waals surface area contributed by atoms with E-state index in [0.717, 1.165) is 12.2 Å². The molecular formula is C25H33N3O4. The third-order valence-corrected chi connectivity index (χ3v) is 5.04. The molecule has 0 fully saturated rings. The van der Waals surface area contributed by atoms with E-state index in [2.05, 4.69) is 36.3 Å². The van der Waals surface area contributed by atoms with Gasteiger partial charge in [-0.3, -0.25) is 9.59 Å². The zero-order valence-corrected chi connectivity index (χ0v) is 19.4. The maximum absolute atomic E-state index is 12.5. The van der Waals surface area contributed by atoms with E-state index in [1.54, 1.807) is 44.2 Å². The van der Waals surface area contributed by atoms with Gasteiger partial charge in [0, 0.05) is 29.5 Å². The first-order chi connectivity index (χ1) is 15.2. The van der Waals surface area contributed by atoms with Crippen molar-refractivity contribution < 1.29 is 19.1 Å². The number of carbonyl (C=O) groups is 3. The summed E-state index contributed by atoms with van der Waals surface area (Å²) in [7, 11) is 0. The number of carbonyl (C=O) groups excluding carboxylic acids is 3. The van der Waals surface area contributed by atoms with Crippen molar-refractivity contribution in [2.24, 2.45) is 5.92 Å². The number of anilines is 2. The first-order valence-corrected chi connectivity index (χ1v) is 10.9. The van der Waals surface area contributed by atoms with Gasteiger partial charge in [0.15, 0.2) is 6.61 Å². The minimum absolute atomic E-state index is 0.201. The molecule has 2 rings (SSSR count). The summed E-state index contributed by atoms with van der Waals surface area (Å²) in [6.45, 7) is 10.4. The van der Waals surface area contributed by atoms with Crippen LogP contribution in [0, 0.1) is 5.92 Å². The molecule has 0 heterocycles. The van der Waals surface area contributed by atoms with Crippen LogP contribution >= 0.6 is 0 Å². The molecule has 1 unspecified atom stereocenters. The van der Waals surface area contributed by atoms with Gasteiger partial charge in [0.2, 0.25) is 0 Å². The molecular weight excluding hydrogens is 406 g/mol. The van der Waals surface area contributed by atoms with Gasteiger partial charge in [-0.1, -0.05) is 32.0 Å². The molecule has 7 nitrogen and oxygen atoms in total. The fourth-order valence-electron chi connectivity index (χ4n) is 3.32. The predicted octanol–water partition coefficient (Wildman–Crippen LogP) is 3.86. The average Bonchev–Trinajstić information content (AvgIpc) is 2.77. The highest BCUT2D eigenvalue weighted by Gasteiger charge is 2.26. The van der Waals surface area contributed by atoms with E-state index in [-0.39, 0.29) is 11.8 Å². The summed E-state index contributed by atoms with van der Waals surface area (Å²) in [5, 5.41) is 5.41. The lowest BCUT2D eigenvalue weighted by Gasteiger charge is -2.27. The smallest absolute Gasteiger partial charge is 0.329 e. The normalized spacial score (nSPS) is 11.7. The maximum atomic E-state index is 12.5. The Kier molecular flexibility index (Phi) is 9.25. The van der Waals surface area contributed by atoms with Crippen molar-refractivity contribution in [2.75, 3.05) is 23.4 Å². The van der Waals surface area contributed by atoms with E-state index >= 15 is 0 Å². The highest BCUT2D eigenvalue weighted by Crippen LogP contribution is 2.20. The zero-order chi connectivity index (χ0) is 23.7. The number of nitrogens with zero attached hydrogens (tertiary/aromatic N) is 1. The molecule has 1 atom stereocenters. The largest absolute Gasteiger partial charge is 0.454 e. The predicted molar refractivity (Wildman–Crippen MR) is 127 cm³/mol. The quantitative estimate of drug-likeness (QED) is 0.549. The van der Waals surface area contributed by atoms with Crippen LogP contribution in [0.2, 0.25) is 0 Å². The zero-order valence-electron chi connectivity index (χ0n) is 19.4. The summed E-state index contributed by atoms with van der Waals surface area (Å²) in [4.78, 5) is 39.4. The van der Waals surface area contributed by atoms with Crippen LogP contribution in [0.4, 0.5) is 11.4 Å². The topological polar surface area (TPSA) is 87.7 Å². The molecule has 2 amide bonds. The Morgan fingerprint density at radius 3 is 2.09 bits per heavy atom. The number of esters is 1. The number of hydrogen-bond donors (Lipinski definition) is 2. The number of ether oxygens (including phenoxy) is 1. The lowest BCUT2D eigenvalue weighted by Crippen LogP contribution is -2.45. The Morgan fingerprint density at radius 2 is 1.56 bits per heavy atom. The summed E-state index contributed by atoms with van der Waals surface area (Å²) in [6, 6.07) is 15.7. The van der Waals surface area contributed by atoms with Crippen LogP contribution in [0.1, 0.15) is 45.0 Å². The molecule has 0 aliphatic heterocycles. The lowest BCUT2D eigenvalue weighted by molar-refractivity contribution is -0.150. The van der Waals surface area contributed by atoms with E-state index < -0.39 is 24.5 Å². The molecule has 2 aromatic rings. The first kappa shape index (κ1) is 24.9. The molecule has 32 heavy (non-hydrogen) atoms. The molecule has 0 spiro atoms. The van der Waals surface area contributed by atoms with Crippen molar-refractivity contribution in [3.05, 3.63) is 60.2 Å². The molecule has 0 radical (unpaired) electrons. The van der Waals surface area contributed by atoms with Gasteiger partial charge in [-0.05, 0) is 63.1 Å². The third-order valence-electron chi connectivity index (χ3n) is 5.04. The molecule has 0 bridgehead atoms. The van der Waals surface area contributed by atoms with Crippen LogP contribution < -0.4 is 15.5 Å². The molecule has 0 aliphatic carbocycles. The fourth-order valence-corrected chi connectivity index (χ4v) is 3.32. The van der Waals surface area contributed by atoms with Crippen LogP contribution in [0.15, 0.2) is 54.6 Å². The molecule has 2 N–H and O–H groups in total. The van der Waals surface area contributed by atoms with Crippen molar-refractivity contribution >= 4 is 29.2 Å². The van der Waals surface area contributed by atoms with E-state index in [4.69, 9.17) is 4.74 Å². The molecule has 0 saturated carbocycles. The third kappa shape index (κ3) is 7.11. The van der Waals surface area contributed by atoms with Crippen LogP contribution in [0.5, 0.6) is 0 Å². The Hall–Kier alpha value is -3.35. The highest BCUT2D eigenvalue weighted by atomic mass is 16.5. The molecule has 172 valence electrons. The number of hydrogen-bond acceptors (Lipinski definition) is 5. The summed E-state index contributed by atoms with van der Waals surface area (Å²) >= 11 is 0. The van der Waals surface area contributed by atoms with Gasteiger partial charge >= 0.3 is 5.97 Å². The van der Waals surface area contributed by atoms with Gasteiger partial charge < -0.3 is 20.3 Å². The monoisotopic (exact) mass is 439 g/mol. The van der Waals surface area contributed by atoms with Crippen LogP contribution in [-0.4, -0.2) is 43.0 Å². The van der Waals surface area contributed by atoms with Gasteiger partial charge in [0.1, 0.15) is 6.04 Å². The summed E-state index contributed by atoms with van der Waals surface area (Å²) < 4.78 is 5.17. The molecule has 2 aromatic carbocycles. The van der Waals surface area contributed by atoms with Gasteiger partial charge in [0.05, 0.1) is 0 Å². The Labute approximate surface area is 190 Å². The second-order valence-corrected chi connectivity index (χ2v) is 8.14. The van der Waals surface area contributed by atoms with Crippen LogP contribution in [0.25, 0.3) is 0 Å². The lowest BCUT2D eigenvalue weighted by atomic mass is 10.0. The number of nitrogens with one attached hydrogen (secondary N) is 2. The highest BCUT2D eigenvalue weighted by molar-refractivity contribution is 5.97. The van der Waals surface area contributed by atoms with E-state index in [0.29, 0.717) is 17.3 Å². The van der Waals surface area contributed by atoms with Crippen LogP contribution in [-0.2, 0) is 14.3 Å². The van der Waals surface area contributed by atoms with E-state index in [1.165, 1.54) is 0 Å². The van der Waals surface area contributed by atoms with Crippen LogP contribution in [0.3, 0.4) is 0 Å². The first-order valence-electron chi connectivity index (χ1n) is 10.9. The van der Waals surface area contributed by atoms with Gasteiger partial charge in [-0.15, -0.1) is 0 Å². The van der Waals surface area contributed by atoms with Gasteiger partial charge in [-0.2, -0.15) is 0 Å². The van der Waals surface area contributed by atoms with Gasteiger partial charge in [0.25, 0.3) is 11.8 Å². The van der Waals surface area contributed by atoms with E-state index in [9.17, 15) is 14.4 Å². The van der Waals surface area contributed by atoms with E-state index in [1.807, 2.05) is 24.3 Å². The molecule has 0 aromatic heterocycles. The Balaban J connectivity index is 1.90. The molecule has 7 heteroatoms. The Morgan fingerprint density at radius 1 is 0.938 bits per heavy atom.